The lowest BCUT2D eigenvalue weighted by Crippen LogP contribution is -2.06. The number of nitrogens with zero attached hydrogens (tertiary/aromatic N) is 4. The molecule has 0 aliphatic carbocycles. The van der Waals surface area contributed by atoms with E-state index in [0.29, 0.717) is 16.6 Å². The highest BCUT2D eigenvalue weighted by molar-refractivity contribution is 5.90. The number of hydrogen-bond donors (Lipinski definition) is 1. The van der Waals surface area contributed by atoms with E-state index in [2.05, 4.69) is 15.1 Å². The van der Waals surface area contributed by atoms with Crippen LogP contribution in [-0.4, -0.2) is 27.0 Å². The Morgan fingerprint density at radius 1 is 1.04 bits per heavy atom. The van der Waals surface area contributed by atoms with Gasteiger partial charge in [-0.05, 0) is 29.8 Å². The number of fused-ring (bicyclic) bond motifs is 1. The van der Waals surface area contributed by atoms with Crippen molar-refractivity contribution in [3.05, 3.63) is 71.4 Å². The van der Waals surface area contributed by atoms with Crippen molar-refractivity contribution in [1.29, 1.82) is 0 Å². The third-order valence-electron chi connectivity index (χ3n) is 4.29. The van der Waals surface area contributed by atoms with Crippen LogP contribution < -0.4 is 10.6 Å². The van der Waals surface area contributed by atoms with E-state index in [9.17, 15) is 13.2 Å². The Morgan fingerprint density at radius 2 is 1.86 bits per heavy atom. The fourth-order valence-electron chi connectivity index (χ4n) is 2.88. The highest BCUT2D eigenvalue weighted by Gasteiger charge is 2.16. The van der Waals surface area contributed by atoms with Crippen LogP contribution in [0.25, 0.3) is 22.2 Å². The molecule has 9 heteroatoms. The van der Waals surface area contributed by atoms with Crippen molar-refractivity contribution >= 4 is 16.7 Å². The van der Waals surface area contributed by atoms with E-state index in [0.717, 1.165) is 17.7 Å². The molecule has 28 heavy (non-hydrogen) atoms. The zero-order valence-corrected chi connectivity index (χ0v) is 14.7. The smallest absolute Gasteiger partial charge is 0.194 e. The van der Waals surface area contributed by atoms with Gasteiger partial charge in [-0.3, -0.25) is 0 Å². The predicted octanol–water partition coefficient (Wildman–Crippen LogP) is 3.14. The zero-order valence-electron chi connectivity index (χ0n) is 14.7. The number of anilines is 1. The minimum atomic E-state index is -1.53. The lowest BCUT2D eigenvalue weighted by atomic mass is 10.1. The average molecular weight is 385 g/mol. The molecular weight excluding hydrogens is 371 g/mol. The summed E-state index contributed by atoms with van der Waals surface area (Å²) in [6.45, 7) is 0. The van der Waals surface area contributed by atoms with Crippen molar-refractivity contribution < 1.29 is 18.0 Å². The molecule has 4 rings (SSSR count). The fourth-order valence-corrected chi connectivity index (χ4v) is 2.88. The van der Waals surface area contributed by atoms with Gasteiger partial charge >= 0.3 is 0 Å². The van der Waals surface area contributed by atoms with Gasteiger partial charge in [-0.1, -0.05) is 12.1 Å². The second kappa shape index (κ2) is 6.84. The van der Waals surface area contributed by atoms with Gasteiger partial charge in [0.05, 0.1) is 17.4 Å². The molecule has 0 radical (unpaired) electrons. The first kappa shape index (κ1) is 17.8. The summed E-state index contributed by atoms with van der Waals surface area (Å²) in [6.07, 6.45) is 1.52. The van der Waals surface area contributed by atoms with Gasteiger partial charge in [-0.15, -0.1) is 9.94 Å². The van der Waals surface area contributed by atoms with Crippen LogP contribution in [0.15, 0.2) is 42.6 Å². The Hall–Kier alpha value is -3.62. The van der Waals surface area contributed by atoms with Crippen LogP contribution in [0.1, 0.15) is 11.4 Å². The Kier molecular flexibility index (Phi) is 4.34. The molecule has 0 atom stereocenters. The summed E-state index contributed by atoms with van der Waals surface area (Å²) in [6, 6.07) is 9.13. The topological polar surface area (TPSA) is 78.9 Å². The lowest BCUT2D eigenvalue weighted by molar-refractivity contribution is 0.134. The van der Waals surface area contributed by atoms with E-state index in [1.165, 1.54) is 12.0 Å². The van der Waals surface area contributed by atoms with Gasteiger partial charge in [0.15, 0.2) is 17.5 Å². The molecule has 0 saturated carbocycles. The van der Waals surface area contributed by atoms with Crippen molar-refractivity contribution in [3.63, 3.8) is 0 Å². The van der Waals surface area contributed by atoms with Crippen molar-refractivity contribution in [2.45, 2.75) is 6.42 Å². The molecule has 142 valence electrons. The average Bonchev–Trinajstić information content (AvgIpc) is 3.17. The van der Waals surface area contributed by atoms with Gasteiger partial charge in [0, 0.05) is 17.4 Å². The summed E-state index contributed by atoms with van der Waals surface area (Å²) in [4.78, 5) is 14.9. The lowest BCUT2D eigenvalue weighted by Gasteiger charge is -2.08. The summed E-state index contributed by atoms with van der Waals surface area (Å²) in [5.41, 5.74) is 7.89. The number of nitrogens with two attached hydrogens (primary N) is 1. The molecule has 0 unspecified atom stereocenters. The van der Waals surface area contributed by atoms with Crippen LogP contribution >= 0.6 is 0 Å². The molecule has 0 amide bonds. The molecule has 2 N–H and O–H groups in total. The molecule has 0 fully saturated rings. The number of rotatable bonds is 4. The van der Waals surface area contributed by atoms with Crippen molar-refractivity contribution in [1.82, 2.24) is 19.9 Å². The van der Waals surface area contributed by atoms with Crippen LogP contribution in [0.2, 0.25) is 0 Å². The monoisotopic (exact) mass is 385 g/mol. The van der Waals surface area contributed by atoms with Crippen molar-refractivity contribution in [2.24, 2.45) is 0 Å². The van der Waals surface area contributed by atoms with E-state index < -0.39 is 17.5 Å². The number of benzene rings is 2. The standard InChI is InChI=1S/C19H14F3N5O/c1-28-27-7-6-14(26-27)10-2-4-12-15(8-10)24-16(25-19(12)23)9-11-3-5-13(20)18(22)17(11)21/h2-8H,9H2,1H3,(H2,23,24,25). The molecule has 0 aliphatic rings. The predicted molar refractivity (Wildman–Crippen MR) is 96.8 cm³/mol. The number of nitrogen functional groups attached to an aromatic ring is 1. The molecule has 2 aromatic heterocycles. The normalized spacial score (nSPS) is 11.1. The van der Waals surface area contributed by atoms with E-state index in [1.54, 1.807) is 24.4 Å². The highest BCUT2D eigenvalue weighted by atomic mass is 19.2. The molecule has 0 bridgehead atoms. The Labute approximate surface area is 157 Å². The summed E-state index contributed by atoms with van der Waals surface area (Å²) in [7, 11) is 1.49. The molecule has 6 nitrogen and oxygen atoms in total. The molecule has 0 aliphatic heterocycles. The molecule has 0 spiro atoms. The van der Waals surface area contributed by atoms with E-state index in [4.69, 9.17) is 10.6 Å². The Morgan fingerprint density at radius 3 is 2.61 bits per heavy atom. The first-order chi connectivity index (χ1) is 13.5. The first-order valence-electron chi connectivity index (χ1n) is 8.25. The third-order valence-corrected chi connectivity index (χ3v) is 4.29. The summed E-state index contributed by atoms with van der Waals surface area (Å²) in [5, 5.41) is 4.86. The summed E-state index contributed by atoms with van der Waals surface area (Å²) < 4.78 is 40.5. The van der Waals surface area contributed by atoms with Gasteiger partial charge < -0.3 is 10.6 Å². The summed E-state index contributed by atoms with van der Waals surface area (Å²) in [5.74, 6) is -3.64. The minimum Gasteiger partial charge on any atom is -0.400 e. The van der Waals surface area contributed by atoms with Crippen LogP contribution in [0, 0.1) is 17.5 Å². The molecule has 4 aromatic rings. The van der Waals surface area contributed by atoms with Crippen LogP contribution in [0.5, 0.6) is 0 Å². The summed E-state index contributed by atoms with van der Waals surface area (Å²) >= 11 is 0. The molecule has 0 saturated heterocycles. The SMILES string of the molecule is COn1ccc(-c2ccc3c(N)nc(Cc4ccc(F)c(F)c4F)nc3c2)n1. The maximum atomic E-state index is 14.0. The minimum absolute atomic E-state index is 0.0624. The third kappa shape index (κ3) is 3.11. The second-order valence-electron chi connectivity index (χ2n) is 6.05. The number of aromatic nitrogens is 4. The van der Waals surface area contributed by atoms with Gasteiger partial charge in [-0.2, -0.15) is 0 Å². The van der Waals surface area contributed by atoms with E-state index >= 15 is 0 Å². The Bertz CT molecular complexity index is 1190. The van der Waals surface area contributed by atoms with Gasteiger partial charge in [0.25, 0.3) is 0 Å². The quantitative estimate of drug-likeness (QED) is 0.546. The van der Waals surface area contributed by atoms with Gasteiger partial charge in [-0.25, -0.2) is 23.1 Å². The van der Waals surface area contributed by atoms with E-state index in [1.807, 2.05) is 6.07 Å². The fraction of sp³-hybridized carbons (Fsp3) is 0.105. The van der Waals surface area contributed by atoms with Crippen LogP contribution in [0.3, 0.4) is 0 Å². The van der Waals surface area contributed by atoms with Gasteiger partial charge in [0.2, 0.25) is 0 Å². The van der Waals surface area contributed by atoms with Crippen molar-refractivity contribution in [2.75, 3.05) is 12.8 Å². The zero-order chi connectivity index (χ0) is 19.8. The molecule has 2 aromatic carbocycles. The maximum absolute atomic E-state index is 14.0. The largest absolute Gasteiger partial charge is 0.400 e. The number of halogens is 3. The maximum Gasteiger partial charge on any atom is 0.194 e. The van der Waals surface area contributed by atoms with Crippen molar-refractivity contribution in [3.8, 4) is 11.3 Å². The van der Waals surface area contributed by atoms with Crippen LogP contribution in [0.4, 0.5) is 19.0 Å². The second-order valence-corrected chi connectivity index (χ2v) is 6.05. The van der Waals surface area contributed by atoms with Gasteiger partial charge in [0.1, 0.15) is 18.8 Å². The van der Waals surface area contributed by atoms with E-state index in [-0.39, 0.29) is 23.6 Å². The molecule has 2 heterocycles. The number of hydrogen-bond acceptors (Lipinski definition) is 5. The highest BCUT2D eigenvalue weighted by Crippen LogP contribution is 2.26. The first-order valence-corrected chi connectivity index (χ1v) is 8.25. The molecular formula is C19H14F3N5O. The Balaban J connectivity index is 1.75. The van der Waals surface area contributed by atoms with Crippen LogP contribution in [-0.2, 0) is 6.42 Å².